The van der Waals surface area contributed by atoms with Crippen LogP contribution in [0.15, 0.2) is 23.1 Å². The van der Waals surface area contributed by atoms with Gasteiger partial charge >= 0.3 is 5.97 Å². The highest BCUT2D eigenvalue weighted by Gasteiger charge is 2.27. The Morgan fingerprint density at radius 3 is 2.57 bits per heavy atom. The average Bonchev–Trinajstić information content (AvgIpc) is 2.44. The number of carbonyl (C=O) groups is 1. The number of sulfonamides is 1. The molecule has 6 nitrogen and oxygen atoms in total. The van der Waals surface area contributed by atoms with Gasteiger partial charge in [0.1, 0.15) is 0 Å². The van der Waals surface area contributed by atoms with Crippen LogP contribution in [-0.2, 0) is 10.0 Å². The molecule has 114 valence electrons. The molecule has 0 spiro atoms. The molecule has 0 aliphatic rings. The standard InChI is InChI=1S/C14H18N2O4S/c1-4-16(9-10(2)8-15)21(19,20)13-7-12(14(17)18)6-5-11(13)3/h5-7,10H,4,9H2,1-3H3,(H,17,18). The second kappa shape index (κ2) is 6.70. The molecule has 1 N–H and O–H groups in total. The van der Waals surface area contributed by atoms with Gasteiger partial charge in [-0.1, -0.05) is 13.0 Å². The molecule has 7 heteroatoms. The zero-order valence-electron chi connectivity index (χ0n) is 12.2. The van der Waals surface area contributed by atoms with Gasteiger partial charge in [0, 0.05) is 13.1 Å². The van der Waals surface area contributed by atoms with Crippen molar-refractivity contribution in [1.82, 2.24) is 4.31 Å². The van der Waals surface area contributed by atoms with Crippen LogP contribution in [0.4, 0.5) is 0 Å². The number of nitrogens with zero attached hydrogens (tertiary/aromatic N) is 2. The van der Waals surface area contributed by atoms with Gasteiger partial charge in [-0.3, -0.25) is 0 Å². The summed E-state index contributed by atoms with van der Waals surface area (Å²) in [7, 11) is -3.82. The fourth-order valence-electron chi connectivity index (χ4n) is 1.89. The molecule has 1 aromatic rings. The van der Waals surface area contributed by atoms with E-state index >= 15 is 0 Å². The summed E-state index contributed by atoms with van der Waals surface area (Å²) in [4.78, 5) is 11.0. The van der Waals surface area contributed by atoms with E-state index in [0.29, 0.717) is 5.56 Å². The molecule has 1 atom stereocenters. The molecule has 0 saturated carbocycles. The van der Waals surface area contributed by atoms with Crippen molar-refractivity contribution in [2.75, 3.05) is 13.1 Å². The SMILES string of the molecule is CCN(CC(C)C#N)S(=O)(=O)c1cc(C(=O)O)ccc1C. The normalized spacial score (nSPS) is 12.9. The third kappa shape index (κ3) is 3.80. The number of rotatable bonds is 6. The zero-order valence-corrected chi connectivity index (χ0v) is 13.0. The van der Waals surface area contributed by atoms with Crippen molar-refractivity contribution in [2.45, 2.75) is 25.7 Å². The molecule has 0 aromatic heterocycles. The number of aromatic carboxylic acids is 1. The van der Waals surface area contributed by atoms with E-state index in [-0.39, 0.29) is 23.5 Å². The Morgan fingerprint density at radius 2 is 2.10 bits per heavy atom. The van der Waals surface area contributed by atoms with Gasteiger partial charge in [0.15, 0.2) is 0 Å². The largest absolute Gasteiger partial charge is 0.478 e. The fraction of sp³-hybridized carbons (Fsp3) is 0.429. The highest BCUT2D eigenvalue weighted by Crippen LogP contribution is 2.22. The lowest BCUT2D eigenvalue weighted by Crippen LogP contribution is -2.34. The van der Waals surface area contributed by atoms with Crippen molar-refractivity contribution in [1.29, 1.82) is 5.26 Å². The summed E-state index contributed by atoms with van der Waals surface area (Å²) in [5, 5.41) is 17.8. The molecule has 0 aliphatic carbocycles. The van der Waals surface area contributed by atoms with Crippen LogP contribution in [0.1, 0.15) is 29.8 Å². The third-order valence-corrected chi connectivity index (χ3v) is 5.19. The summed E-state index contributed by atoms with van der Waals surface area (Å²) in [6, 6.07) is 5.99. The molecule has 0 saturated heterocycles. The minimum absolute atomic E-state index is 0.0330. The monoisotopic (exact) mass is 310 g/mol. The molecule has 1 aromatic carbocycles. The van der Waals surface area contributed by atoms with Gasteiger partial charge in [-0.25, -0.2) is 13.2 Å². The Hall–Kier alpha value is -1.91. The summed E-state index contributed by atoms with van der Waals surface area (Å²) in [5.41, 5.74) is 0.395. The highest BCUT2D eigenvalue weighted by molar-refractivity contribution is 7.89. The van der Waals surface area contributed by atoms with E-state index in [1.165, 1.54) is 16.4 Å². The summed E-state index contributed by atoms with van der Waals surface area (Å²) in [5.74, 6) is -1.62. The predicted octanol–water partition coefficient (Wildman–Crippen LogP) is 1.86. The highest BCUT2D eigenvalue weighted by atomic mass is 32.2. The van der Waals surface area contributed by atoms with Crippen LogP contribution in [-0.4, -0.2) is 36.9 Å². The first kappa shape index (κ1) is 17.1. The van der Waals surface area contributed by atoms with E-state index in [2.05, 4.69) is 0 Å². The van der Waals surface area contributed by atoms with Crippen molar-refractivity contribution in [3.8, 4) is 6.07 Å². The van der Waals surface area contributed by atoms with E-state index in [4.69, 9.17) is 10.4 Å². The van der Waals surface area contributed by atoms with Crippen LogP contribution in [0.2, 0.25) is 0 Å². The Labute approximate surface area is 124 Å². The quantitative estimate of drug-likeness (QED) is 0.864. The lowest BCUT2D eigenvalue weighted by atomic mass is 10.1. The number of carboxylic acid groups (broad SMARTS) is 1. The first-order valence-electron chi connectivity index (χ1n) is 6.47. The number of nitriles is 1. The van der Waals surface area contributed by atoms with Gasteiger partial charge in [0.05, 0.1) is 22.4 Å². The Balaban J connectivity index is 3.32. The number of carboxylic acids is 1. The van der Waals surface area contributed by atoms with Crippen LogP contribution in [0.3, 0.4) is 0 Å². The molecule has 0 heterocycles. The Bertz CT molecular complexity index is 677. The second-order valence-electron chi connectivity index (χ2n) is 4.77. The summed E-state index contributed by atoms with van der Waals surface area (Å²) in [6.07, 6.45) is 0. The Kier molecular flexibility index (Phi) is 5.47. The molecule has 0 aliphatic heterocycles. The minimum atomic E-state index is -3.82. The number of aryl methyl sites for hydroxylation is 1. The van der Waals surface area contributed by atoms with E-state index < -0.39 is 21.9 Å². The topological polar surface area (TPSA) is 98.5 Å². The molecule has 21 heavy (non-hydrogen) atoms. The van der Waals surface area contributed by atoms with E-state index in [1.807, 2.05) is 6.07 Å². The van der Waals surface area contributed by atoms with Gasteiger partial charge in [-0.15, -0.1) is 0 Å². The van der Waals surface area contributed by atoms with Crippen LogP contribution in [0.25, 0.3) is 0 Å². The van der Waals surface area contributed by atoms with Gasteiger partial charge in [-0.2, -0.15) is 9.57 Å². The molecule has 0 bridgehead atoms. The van der Waals surface area contributed by atoms with Crippen LogP contribution in [0.5, 0.6) is 0 Å². The first-order valence-corrected chi connectivity index (χ1v) is 7.91. The molecule has 0 radical (unpaired) electrons. The third-order valence-electron chi connectivity index (χ3n) is 3.10. The molecule has 1 unspecified atom stereocenters. The fourth-order valence-corrected chi connectivity index (χ4v) is 3.68. The van der Waals surface area contributed by atoms with Crippen molar-refractivity contribution in [2.24, 2.45) is 5.92 Å². The summed E-state index contributed by atoms with van der Waals surface area (Å²) >= 11 is 0. The lowest BCUT2D eigenvalue weighted by molar-refractivity contribution is 0.0696. The van der Waals surface area contributed by atoms with Crippen LogP contribution >= 0.6 is 0 Å². The van der Waals surface area contributed by atoms with E-state index in [9.17, 15) is 13.2 Å². The maximum Gasteiger partial charge on any atom is 0.335 e. The van der Waals surface area contributed by atoms with Gasteiger partial charge in [-0.05, 0) is 31.5 Å². The number of hydrogen-bond acceptors (Lipinski definition) is 4. The molecular weight excluding hydrogens is 292 g/mol. The lowest BCUT2D eigenvalue weighted by Gasteiger charge is -2.22. The smallest absolute Gasteiger partial charge is 0.335 e. The van der Waals surface area contributed by atoms with Gasteiger partial charge < -0.3 is 5.11 Å². The molecule has 1 rings (SSSR count). The van der Waals surface area contributed by atoms with Gasteiger partial charge in [0.25, 0.3) is 0 Å². The molecule has 0 fully saturated rings. The van der Waals surface area contributed by atoms with Crippen LogP contribution < -0.4 is 0 Å². The van der Waals surface area contributed by atoms with Crippen molar-refractivity contribution >= 4 is 16.0 Å². The maximum atomic E-state index is 12.6. The minimum Gasteiger partial charge on any atom is -0.478 e. The van der Waals surface area contributed by atoms with E-state index in [1.54, 1.807) is 20.8 Å². The average molecular weight is 310 g/mol. The Morgan fingerprint density at radius 1 is 1.48 bits per heavy atom. The maximum absolute atomic E-state index is 12.6. The zero-order chi connectivity index (χ0) is 16.2. The number of benzene rings is 1. The summed E-state index contributed by atoms with van der Waals surface area (Å²) < 4.78 is 26.5. The van der Waals surface area contributed by atoms with Gasteiger partial charge in [0.2, 0.25) is 10.0 Å². The summed E-state index contributed by atoms with van der Waals surface area (Å²) in [6.45, 7) is 5.22. The van der Waals surface area contributed by atoms with Crippen molar-refractivity contribution in [3.05, 3.63) is 29.3 Å². The predicted molar refractivity (Wildman–Crippen MR) is 77.3 cm³/mol. The number of hydrogen-bond donors (Lipinski definition) is 1. The van der Waals surface area contributed by atoms with E-state index in [0.717, 1.165) is 6.07 Å². The van der Waals surface area contributed by atoms with Crippen molar-refractivity contribution in [3.63, 3.8) is 0 Å². The van der Waals surface area contributed by atoms with Crippen molar-refractivity contribution < 1.29 is 18.3 Å². The molecule has 0 amide bonds. The first-order chi connectivity index (χ1) is 9.73. The second-order valence-corrected chi connectivity index (χ2v) is 6.68. The van der Waals surface area contributed by atoms with Crippen LogP contribution in [0, 0.1) is 24.2 Å². The molecular formula is C14H18N2O4S.